The Morgan fingerprint density at radius 3 is 2.65 bits per heavy atom. The maximum Gasteiger partial charge on any atom is 0.419 e. The summed E-state index contributed by atoms with van der Waals surface area (Å²) >= 11 is 0. The maximum absolute atomic E-state index is 12.4. The van der Waals surface area contributed by atoms with Crippen LogP contribution in [0.1, 0.15) is 19.3 Å². The molecule has 0 amide bonds. The molecule has 2 N–H and O–H groups in total. The topological polar surface area (TPSA) is 99.8 Å². The third-order valence-electron chi connectivity index (χ3n) is 7.17. The predicted octanol–water partition coefficient (Wildman–Crippen LogP) is 0.726. The molecule has 10 heteroatoms. The molecule has 2 aliphatic heterocycles. The van der Waals surface area contributed by atoms with Gasteiger partial charge in [0, 0.05) is 57.5 Å². The molecule has 170 valence electrons. The second kappa shape index (κ2) is 7.91. The number of fused-ring (bicyclic) bond motifs is 1. The number of nitrogens with one attached hydrogen (secondary N) is 2. The summed E-state index contributed by atoms with van der Waals surface area (Å²) in [6.07, 6.45) is 4.90. The van der Waals surface area contributed by atoms with E-state index >= 15 is 0 Å². The van der Waals surface area contributed by atoms with Crippen molar-refractivity contribution >= 4 is 26.8 Å². The van der Waals surface area contributed by atoms with Crippen molar-refractivity contribution in [1.82, 2.24) is 19.1 Å². The maximum atomic E-state index is 12.4. The average Bonchev–Trinajstić information content (AvgIpc) is 3.30. The Hall–Kier alpha value is -1.88. The van der Waals surface area contributed by atoms with Crippen molar-refractivity contribution in [3.8, 4) is 0 Å². The smallest absolute Gasteiger partial charge is 0.408 e. The van der Waals surface area contributed by atoms with E-state index in [1.807, 2.05) is 18.2 Å². The minimum atomic E-state index is -3.14. The molecule has 5 rings (SSSR count). The van der Waals surface area contributed by atoms with Gasteiger partial charge in [0.15, 0.2) is 5.58 Å². The SMILES string of the molecule is CS(=O)(=O)N1CCN(CCn2c(=O)oc3ccc(NC4CC5(CCNC5)C4)cc32)CC1. The second-order valence-electron chi connectivity index (χ2n) is 9.38. The van der Waals surface area contributed by atoms with Gasteiger partial charge in [0.25, 0.3) is 0 Å². The Morgan fingerprint density at radius 1 is 1.19 bits per heavy atom. The van der Waals surface area contributed by atoms with E-state index in [4.69, 9.17) is 4.42 Å². The highest BCUT2D eigenvalue weighted by Crippen LogP contribution is 2.46. The summed E-state index contributed by atoms with van der Waals surface area (Å²) in [5.74, 6) is -0.346. The lowest BCUT2D eigenvalue weighted by molar-refractivity contribution is 0.142. The molecule has 2 saturated heterocycles. The van der Waals surface area contributed by atoms with Gasteiger partial charge < -0.3 is 15.1 Å². The predicted molar refractivity (Wildman–Crippen MR) is 120 cm³/mol. The monoisotopic (exact) mass is 449 g/mol. The first-order chi connectivity index (χ1) is 14.8. The van der Waals surface area contributed by atoms with Crippen LogP contribution in [0.4, 0.5) is 5.69 Å². The number of benzene rings is 1. The standard InChI is InChI=1S/C21H31N5O4S/c1-31(28,29)25-9-6-24(7-10-25)8-11-26-18-12-16(2-3-19(18)30-20(26)27)23-17-13-21(14-17)4-5-22-15-21/h2-3,12,17,22-23H,4-11,13-15H2,1H3. The number of piperazine rings is 1. The van der Waals surface area contributed by atoms with Crippen molar-refractivity contribution in [1.29, 1.82) is 0 Å². The molecule has 3 fully saturated rings. The lowest BCUT2D eigenvalue weighted by atomic mass is 9.65. The van der Waals surface area contributed by atoms with E-state index in [0.717, 1.165) is 24.3 Å². The molecule has 1 aliphatic carbocycles. The van der Waals surface area contributed by atoms with Gasteiger partial charge in [0.1, 0.15) is 0 Å². The molecule has 31 heavy (non-hydrogen) atoms. The molecule has 3 aliphatic rings. The van der Waals surface area contributed by atoms with Gasteiger partial charge in [-0.3, -0.25) is 9.47 Å². The zero-order valence-electron chi connectivity index (χ0n) is 18.0. The fraction of sp³-hybridized carbons (Fsp3) is 0.667. The molecular weight excluding hydrogens is 418 g/mol. The largest absolute Gasteiger partial charge is 0.419 e. The Morgan fingerprint density at radius 2 is 1.97 bits per heavy atom. The minimum Gasteiger partial charge on any atom is -0.408 e. The van der Waals surface area contributed by atoms with Crippen molar-refractivity contribution < 1.29 is 12.8 Å². The molecule has 1 aromatic heterocycles. The minimum absolute atomic E-state index is 0.346. The van der Waals surface area contributed by atoms with Crippen LogP contribution < -0.4 is 16.4 Å². The summed E-state index contributed by atoms with van der Waals surface area (Å²) in [6, 6.07) is 6.35. The summed E-state index contributed by atoms with van der Waals surface area (Å²) in [4.78, 5) is 14.6. The van der Waals surface area contributed by atoms with E-state index in [0.29, 0.717) is 56.3 Å². The van der Waals surface area contributed by atoms with Gasteiger partial charge in [0.05, 0.1) is 11.8 Å². The van der Waals surface area contributed by atoms with E-state index in [1.54, 1.807) is 4.57 Å². The van der Waals surface area contributed by atoms with E-state index in [-0.39, 0.29) is 5.76 Å². The zero-order valence-corrected chi connectivity index (χ0v) is 18.8. The molecule has 1 spiro atoms. The number of hydrogen-bond acceptors (Lipinski definition) is 7. The number of rotatable bonds is 6. The highest BCUT2D eigenvalue weighted by molar-refractivity contribution is 7.88. The first kappa shape index (κ1) is 21.0. The van der Waals surface area contributed by atoms with Crippen LogP contribution in [0.2, 0.25) is 0 Å². The van der Waals surface area contributed by atoms with E-state index in [2.05, 4.69) is 15.5 Å². The quantitative estimate of drug-likeness (QED) is 0.671. The molecule has 0 atom stereocenters. The third kappa shape index (κ3) is 4.26. The van der Waals surface area contributed by atoms with Crippen LogP contribution in [0, 0.1) is 5.41 Å². The van der Waals surface area contributed by atoms with Crippen LogP contribution in [0.15, 0.2) is 27.4 Å². The first-order valence-corrected chi connectivity index (χ1v) is 12.9. The fourth-order valence-corrected chi connectivity index (χ4v) is 6.18. The third-order valence-corrected chi connectivity index (χ3v) is 8.47. The molecule has 0 unspecified atom stereocenters. The Bertz CT molecular complexity index is 1100. The number of nitrogens with zero attached hydrogens (tertiary/aromatic N) is 3. The van der Waals surface area contributed by atoms with Crippen molar-refractivity contribution in [2.24, 2.45) is 5.41 Å². The number of hydrogen-bond donors (Lipinski definition) is 2. The Kier molecular flexibility index (Phi) is 5.36. The Balaban J connectivity index is 1.22. The Labute approximate surface area is 182 Å². The van der Waals surface area contributed by atoms with Crippen molar-refractivity contribution in [3.63, 3.8) is 0 Å². The summed E-state index contributed by atoms with van der Waals surface area (Å²) in [5, 5.41) is 7.09. The van der Waals surface area contributed by atoms with Crippen LogP contribution in [0.25, 0.3) is 11.1 Å². The second-order valence-corrected chi connectivity index (χ2v) is 11.4. The van der Waals surface area contributed by atoms with Gasteiger partial charge in [-0.15, -0.1) is 0 Å². The van der Waals surface area contributed by atoms with Gasteiger partial charge in [0.2, 0.25) is 10.0 Å². The van der Waals surface area contributed by atoms with Crippen LogP contribution in [-0.4, -0.2) is 80.3 Å². The number of anilines is 1. The van der Waals surface area contributed by atoms with Crippen LogP contribution in [0.3, 0.4) is 0 Å². The van der Waals surface area contributed by atoms with Crippen LogP contribution >= 0.6 is 0 Å². The molecular formula is C21H31N5O4S. The molecule has 0 radical (unpaired) electrons. The molecule has 3 heterocycles. The number of sulfonamides is 1. The van der Waals surface area contributed by atoms with Gasteiger partial charge >= 0.3 is 5.76 Å². The van der Waals surface area contributed by atoms with Crippen molar-refractivity contribution in [2.75, 3.05) is 57.4 Å². The highest BCUT2D eigenvalue weighted by atomic mass is 32.2. The highest BCUT2D eigenvalue weighted by Gasteiger charge is 2.45. The lowest BCUT2D eigenvalue weighted by Crippen LogP contribution is -2.49. The van der Waals surface area contributed by atoms with Gasteiger partial charge in [-0.05, 0) is 49.4 Å². The summed E-state index contributed by atoms with van der Waals surface area (Å²) in [5.41, 5.74) is 2.92. The van der Waals surface area contributed by atoms with Crippen LogP contribution in [-0.2, 0) is 16.6 Å². The van der Waals surface area contributed by atoms with Crippen LogP contribution in [0.5, 0.6) is 0 Å². The number of oxazole rings is 1. The average molecular weight is 450 g/mol. The molecule has 1 saturated carbocycles. The van der Waals surface area contributed by atoms with Gasteiger partial charge in [-0.25, -0.2) is 13.2 Å². The van der Waals surface area contributed by atoms with Gasteiger partial charge in [-0.2, -0.15) is 4.31 Å². The molecule has 0 bridgehead atoms. The van der Waals surface area contributed by atoms with Crippen molar-refractivity contribution in [2.45, 2.75) is 31.8 Å². The molecule has 1 aromatic carbocycles. The summed E-state index contributed by atoms with van der Waals surface area (Å²) in [7, 11) is -3.14. The van der Waals surface area contributed by atoms with E-state index < -0.39 is 10.0 Å². The zero-order chi connectivity index (χ0) is 21.6. The lowest BCUT2D eigenvalue weighted by Gasteiger charge is -2.45. The fourth-order valence-electron chi connectivity index (χ4n) is 5.36. The van der Waals surface area contributed by atoms with Gasteiger partial charge in [-0.1, -0.05) is 0 Å². The number of aromatic nitrogens is 1. The normalized spacial score (nSPS) is 27.7. The van der Waals surface area contributed by atoms with Crippen molar-refractivity contribution in [3.05, 3.63) is 28.7 Å². The summed E-state index contributed by atoms with van der Waals surface area (Å²) < 4.78 is 32.0. The van der Waals surface area contributed by atoms with E-state index in [1.165, 1.54) is 29.8 Å². The molecule has 9 nitrogen and oxygen atoms in total. The summed E-state index contributed by atoms with van der Waals surface area (Å²) in [6.45, 7) is 5.78. The van der Waals surface area contributed by atoms with E-state index in [9.17, 15) is 13.2 Å². The molecule has 2 aromatic rings. The first-order valence-electron chi connectivity index (χ1n) is 11.1.